The molecule has 3 rings (SSSR count). The summed E-state index contributed by atoms with van der Waals surface area (Å²) < 4.78 is 12.9. The largest absolute Gasteiger partial charge is 0.490 e. The van der Waals surface area contributed by atoms with Gasteiger partial charge in [-0.3, -0.25) is 9.59 Å². The molecule has 0 aliphatic carbocycles. The van der Waals surface area contributed by atoms with Gasteiger partial charge in [0.15, 0.2) is 18.1 Å². The van der Waals surface area contributed by atoms with E-state index >= 15 is 0 Å². The molecule has 0 heterocycles. The number of para-hydroxylation sites is 1. The molecule has 3 aromatic carbocycles. The highest BCUT2D eigenvalue weighted by Crippen LogP contribution is 2.36. The second kappa shape index (κ2) is 12.2. The first kappa shape index (κ1) is 24.5. The van der Waals surface area contributed by atoms with Gasteiger partial charge in [-0.2, -0.15) is 5.10 Å². The SMILES string of the molecule is CCOc1cc(/C=N/NC(=O)c2ccc(Br)cc2)cc(Br)c1OCC(=O)Nc1ccccc1. The van der Waals surface area contributed by atoms with E-state index in [1.165, 1.54) is 6.21 Å². The third-order valence-electron chi connectivity index (χ3n) is 4.22. The van der Waals surface area contributed by atoms with Crippen molar-refractivity contribution in [2.45, 2.75) is 6.92 Å². The molecule has 33 heavy (non-hydrogen) atoms. The first-order valence-electron chi connectivity index (χ1n) is 9.99. The van der Waals surface area contributed by atoms with Gasteiger partial charge in [-0.25, -0.2) is 5.43 Å². The van der Waals surface area contributed by atoms with E-state index in [-0.39, 0.29) is 18.4 Å². The van der Waals surface area contributed by atoms with Gasteiger partial charge < -0.3 is 14.8 Å². The maximum Gasteiger partial charge on any atom is 0.271 e. The number of rotatable bonds is 9. The molecule has 0 unspecified atom stereocenters. The van der Waals surface area contributed by atoms with Gasteiger partial charge in [0.05, 0.1) is 17.3 Å². The highest BCUT2D eigenvalue weighted by Gasteiger charge is 2.14. The highest BCUT2D eigenvalue weighted by atomic mass is 79.9. The summed E-state index contributed by atoms with van der Waals surface area (Å²) in [4.78, 5) is 24.4. The van der Waals surface area contributed by atoms with Crippen LogP contribution in [0.15, 0.2) is 80.8 Å². The van der Waals surface area contributed by atoms with Crippen LogP contribution in [0.25, 0.3) is 0 Å². The minimum Gasteiger partial charge on any atom is -0.490 e. The molecule has 9 heteroatoms. The van der Waals surface area contributed by atoms with E-state index in [9.17, 15) is 9.59 Å². The summed E-state index contributed by atoms with van der Waals surface area (Å²) in [6.45, 7) is 2.06. The molecule has 0 aliphatic rings. The number of hydrazone groups is 1. The summed E-state index contributed by atoms with van der Waals surface area (Å²) >= 11 is 6.79. The Balaban J connectivity index is 1.65. The van der Waals surface area contributed by atoms with Gasteiger partial charge >= 0.3 is 0 Å². The Kier molecular flexibility index (Phi) is 9.03. The summed E-state index contributed by atoms with van der Waals surface area (Å²) in [7, 11) is 0. The van der Waals surface area contributed by atoms with Gasteiger partial charge in [-0.15, -0.1) is 0 Å². The monoisotopic (exact) mass is 573 g/mol. The van der Waals surface area contributed by atoms with E-state index in [2.05, 4.69) is 47.7 Å². The van der Waals surface area contributed by atoms with E-state index in [4.69, 9.17) is 9.47 Å². The minimum atomic E-state index is -0.327. The Hall–Kier alpha value is -3.17. The van der Waals surface area contributed by atoms with Crippen LogP contribution in [0.5, 0.6) is 11.5 Å². The molecular weight excluding hydrogens is 554 g/mol. The molecule has 0 atom stereocenters. The van der Waals surface area contributed by atoms with Crippen molar-refractivity contribution in [1.82, 2.24) is 5.43 Å². The maximum absolute atomic E-state index is 12.2. The molecule has 0 radical (unpaired) electrons. The summed E-state index contributed by atoms with van der Waals surface area (Å²) in [5, 5.41) is 6.78. The number of amides is 2. The average Bonchev–Trinajstić information content (AvgIpc) is 2.80. The molecule has 170 valence electrons. The summed E-state index contributed by atoms with van der Waals surface area (Å²) in [5.74, 6) is 0.222. The van der Waals surface area contributed by atoms with Gasteiger partial charge in [0.25, 0.3) is 11.8 Å². The Bertz CT molecular complexity index is 1140. The van der Waals surface area contributed by atoms with Crippen LogP contribution in [-0.4, -0.2) is 31.2 Å². The zero-order valence-electron chi connectivity index (χ0n) is 17.7. The number of nitrogens with zero attached hydrogens (tertiary/aromatic N) is 1. The van der Waals surface area contributed by atoms with Crippen molar-refractivity contribution in [2.24, 2.45) is 5.10 Å². The molecular formula is C24H21Br2N3O4. The van der Waals surface area contributed by atoms with E-state index in [1.807, 2.05) is 25.1 Å². The lowest BCUT2D eigenvalue weighted by atomic mass is 10.2. The van der Waals surface area contributed by atoms with Crippen molar-refractivity contribution in [2.75, 3.05) is 18.5 Å². The smallest absolute Gasteiger partial charge is 0.271 e. The van der Waals surface area contributed by atoms with Crippen molar-refractivity contribution >= 4 is 55.6 Å². The van der Waals surface area contributed by atoms with Gasteiger partial charge in [-0.05, 0) is 76.9 Å². The van der Waals surface area contributed by atoms with Crippen LogP contribution in [0.1, 0.15) is 22.8 Å². The zero-order valence-corrected chi connectivity index (χ0v) is 20.9. The number of nitrogens with one attached hydrogen (secondary N) is 2. The lowest BCUT2D eigenvalue weighted by Crippen LogP contribution is -2.20. The van der Waals surface area contributed by atoms with Gasteiger partial charge in [0.2, 0.25) is 0 Å². The fraction of sp³-hybridized carbons (Fsp3) is 0.125. The van der Waals surface area contributed by atoms with Crippen LogP contribution in [0.2, 0.25) is 0 Å². The number of benzene rings is 3. The number of carbonyl (C=O) groups excluding carboxylic acids is 2. The molecule has 0 bridgehead atoms. The number of hydrogen-bond acceptors (Lipinski definition) is 5. The van der Waals surface area contributed by atoms with Crippen molar-refractivity contribution in [3.05, 3.63) is 86.8 Å². The van der Waals surface area contributed by atoms with Crippen LogP contribution in [-0.2, 0) is 4.79 Å². The Morgan fingerprint density at radius 2 is 1.73 bits per heavy atom. The lowest BCUT2D eigenvalue weighted by Gasteiger charge is -2.14. The normalized spacial score (nSPS) is 10.6. The minimum absolute atomic E-state index is 0.190. The molecule has 0 saturated carbocycles. The number of ether oxygens (including phenoxy) is 2. The third-order valence-corrected chi connectivity index (χ3v) is 5.34. The summed E-state index contributed by atoms with van der Waals surface area (Å²) in [6, 6.07) is 19.5. The highest BCUT2D eigenvalue weighted by molar-refractivity contribution is 9.10. The van der Waals surface area contributed by atoms with E-state index in [1.54, 1.807) is 48.5 Å². The Morgan fingerprint density at radius 1 is 1.00 bits per heavy atom. The first-order valence-corrected chi connectivity index (χ1v) is 11.6. The standard InChI is InChI=1S/C24H21Br2N3O4/c1-2-32-21-13-16(14-27-29-24(31)17-8-10-18(25)11-9-17)12-20(26)23(21)33-15-22(30)28-19-6-4-3-5-7-19/h3-14H,2,15H2,1H3,(H,28,30)(H,29,31)/b27-14+. The molecule has 2 N–H and O–H groups in total. The Labute approximate surface area is 208 Å². The van der Waals surface area contributed by atoms with Crippen molar-refractivity contribution in [1.29, 1.82) is 0 Å². The lowest BCUT2D eigenvalue weighted by molar-refractivity contribution is -0.118. The van der Waals surface area contributed by atoms with Crippen molar-refractivity contribution < 1.29 is 19.1 Å². The number of halogens is 2. The fourth-order valence-electron chi connectivity index (χ4n) is 2.75. The van der Waals surface area contributed by atoms with E-state index < -0.39 is 0 Å². The second-order valence-corrected chi connectivity index (χ2v) is 8.44. The average molecular weight is 575 g/mol. The topological polar surface area (TPSA) is 89.0 Å². The molecule has 0 saturated heterocycles. The molecule has 0 spiro atoms. The molecule has 0 fully saturated rings. The summed E-state index contributed by atoms with van der Waals surface area (Å²) in [5.41, 5.74) is 4.34. The number of anilines is 1. The number of carbonyl (C=O) groups is 2. The van der Waals surface area contributed by atoms with Crippen LogP contribution in [0.3, 0.4) is 0 Å². The predicted octanol–water partition coefficient (Wildman–Crippen LogP) is 5.39. The molecule has 0 aromatic heterocycles. The maximum atomic E-state index is 12.2. The molecule has 0 aliphatic heterocycles. The van der Waals surface area contributed by atoms with Gasteiger partial charge in [-0.1, -0.05) is 34.1 Å². The molecule has 3 aromatic rings. The summed E-state index contributed by atoms with van der Waals surface area (Å²) in [6.07, 6.45) is 1.50. The number of hydrogen-bond donors (Lipinski definition) is 2. The van der Waals surface area contributed by atoms with E-state index in [0.29, 0.717) is 39.4 Å². The molecule has 7 nitrogen and oxygen atoms in total. The van der Waals surface area contributed by atoms with Crippen molar-refractivity contribution in [3.63, 3.8) is 0 Å². The fourth-order valence-corrected chi connectivity index (χ4v) is 3.59. The van der Waals surface area contributed by atoms with Gasteiger partial charge in [0, 0.05) is 15.7 Å². The molecule has 2 amide bonds. The van der Waals surface area contributed by atoms with Crippen LogP contribution >= 0.6 is 31.9 Å². The van der Waals surface area contributed by atoms with Crippen molar-refractivity contribution in [3.8, 4) is 11.5 Å². The third kappa shape index (κ3) is 7.44. The van der Waals surface area contributed by atoms with E-state index in [0.717, 1.165) is 4.47 Å². The first-order chi connectivity index (χ1) is 16.0. The van der Waals surface area contributed by atoms with Crippen LogP contribution in [0, 0.1) is 0 Å². The van der Waals surface area contributed by atoms with Crippen LogP contribution in [0.4, 0.5) is 5.69 Å². The van der Waals surface area contributed by atoms with Crippen LogP contribution < -0.4 is 20.2 Å². The zero-order chi connectivity index (χ0) is 23.6. The predicted molar refractivity (Wildman–Crippen MR) is 135 cm³/mol. The quantitative estimate of drug-likeness (QED) is 0.265. The van der Waals surface area contributed by atoms with Gasteiger partial charge in [0.1, 0.15) is 0 Å². The Morgan fingerprint density at radius 3 is 2.42 bits per heavy atom. The second-order valence-electron chi connectivity index (χ2n) is 6.67.